The summed E-state index contributed by atoms with van der Waals surface area (Å²) in [6.07, 6.45) is 1.72. The van der Waals surface area contributed by atoms with E-state index in [4.69, 9.17) is 0 Å². The number of aliphatic hydroxyl groups excluding tert-OH is 1. The second-order valence-corrected chi connectivity index (χ2v) is 9.26. The number of sulfone groups is 1. The van der Waals surface area contributed by atoms with Gasteiger partial charge in [-0.3, -0.25) is 4.90 Å². The van der Waals surface area contributed by atoms with Gasteiger partial charge in [0.1, 0.15) is 0 Å². The molecule has 4 nitrogen and oxygen atoms in total. The Labute approximate surface area is 140 Å². The van der Waals surface area contributed by atoms with Gasteiger partial charge in [0.2, 0.25) is 0 Å². The van der Waals surface area contributed by atoms with Crippen molar-refractivity contribution in [1.29, 1.82) is 0 Å². The lowest BCUT2D eigenvalue weighted by atomic mass is 9.98. The summed E-state index contributed by atoms with van der Waals surface area (Å²) in [5.74, 6) is 1.11. The van der Waals surface area contributed by atoms with Crippen molar-refractivity contribution < 1.29 is 13.5 Å². The highest BCUT2D eigenvalue weighted by Crippen LogP contribution is 2.23. The van der Waals surface area contributed by atoms with E-state index in [1.165, 1.54) is 5.56 Å². The van der Waals surface area contributed by atoms with Gasteiger partial charge in [-0.05, 0) is 30.2 Å². The third kappa shape index (κ3) is 5.59. The second-order valence-electron chi connectivity index (χ2n) is 7.03. The standard InChI is InChI=1S/C18H29NO3S/c1-15(2)18(13-20)19(11-16-7-4-3-5-8-16)12-17-9-6-10-23(21,22)14-17/h3-5,7-8,15,17-18,20H,6,9-14H2,1-2H3/t17-,18+/m0/s1. The normalized spacial score (nSPS) is 22.4. The average Bonchev–Trinajstić information content (AvgIpc) is 2.47. The lowest BCUT2D eigenvalue weighted by molar-refractivity contribution is 0.0716. The van der Waals surface area contributed by atoms with Crippen molar-refractivity contribution in [2.75, 3.05) is 24.7 Å². The Morgan fingerprint density at radius 2 is 1.96 bits per heavy atom. The summed E-state index contributed by atoms with van der Waals surface area (Å²) in [5, 5.41) is 9.82. The zero-order chi connectivity index (χ0) is 16.9. The van der Waals surface area contributed by atoms with Crippen molar-refractivity contribution >= 4 is 9.84 Å². The zero-order valence-electron chi connectivity index (χ0n) is 14.2. The minimum atomic E-state index is -2.89. The first-order chi connectivity index (χ1) is 10.9. The molecule has 1 saturated heterocycles. The summed E-state index contributed by atoms with van der Waals surface area (Å²) in [4.78, 5) is 2.27. The second kappa shape index (κ2) is 8.27. The topological polar surface area (TPSA) is 57.6 Å². The molecule has 0 bridgehead atoms. The van der Waals surface area contributed by atoms with Crippen molar-refractivity contribution in [2.24, 2.45) is 11.8 Å². The molecule has 23 heavy (non-hydrogen) atoms. The third-order valence-electron chi connectivity index (χ3n) is 4.70. The lowest BCUT2D eigenvalue weighted by Crippen LogP contribution is -2.45. The fourth-order valence-corrected chi connectivity index (χ4v) is 5.24. The average molecular weight is 340 g/mol. The van der Waals surface area contributed by atoms with E-state index < -0.39 is 9.84 Å². The van der Waals surface area contributed by atoms with Crippen molar-refractivity contribution in [1.82, 2.24) is 4.90 Å². The fraction of sp³-hybridized carbons (Fsp3) is 0.667. The van der Waals surface area contributed by atoms with Crippen LogP contribution in [0.15, 0.2) is 30.3 Å². The van der Waals surface area contributed by atoms with Crippen LogP contribution >= 0.6 is 0 Å². The van der Waals surface area contributed by atoms with E-state index in [-0.39, 0.29) is 24.3 Å². The molecule has 1 heterocycles. The van der Waals surface area contributed by atoms with Crippen LogP contribution in [0.25, 0.3) is 0 Å². The molecule has 0 saturated carbocycles. The van der Waals surface area contributed by atoms with Gasteiger partial charge in [-0.2, -0.15) is 0 Å². The molecule has 0 aromatic heterocycles. The molecule has 1 aromatic rings. The van der Waals surface area contributed by atoms with Crippen LogP contribution in [0.2, 0.25) is 0 Å². The van der Waals surface area contributed by atoms with Crippen LogP contribution in [-0.4, -0.2) is 49.1 Å². The molecule has 0 radical (unpaired) electrons. The molecule has 1 N–H and O–H groups in total. The Kier molecular flexibility index (Phi) is 6.62. The Morgan fingerprint density at radius 3 is 2.52 bits per heavy atom. The van der Waals surface area contributed by atoms with Gasteiger partial charge in [0.05, 0.1) is 18.1 Å². The summed E-state index contributed by atoms with van der Waals surface area (Å²) < 4.78 is 23.8. The highest BCUT2D eigenvalue weighted by molar-refractivity contribution is 7.91. The van der Waals surface area contributed by atoms with Gasteiger partial charge in [0, 0.05) is 19.1 Å². The number of hydrogen-bond acceptors (Lipinski definition) is 4. The molecule has 1 aliphatic rings. The molecule has 2 atom stereocenters. The van der Waals surface area contributed by atoms with Crippen molar-refractivity contribution in [2.45, 2.75) is 39.3 Å². The predicted octanol–water partition coefficient (Wildman–Crippen LogP) is 2.33. The highest BCUT2D eigenvalue weighted by Gasteiger charge is 2.29. The number of rotatable bonds is 7. The van der Waals surface area contributed by atoms with E-state index in [0.29, 0.717) is 11.7 Å². The minimum Gasteiger partial charge on any atom is -0.395 e. The van der Waals surface area contributed by atoms with Gasteiger partial charge in [0.15, 0.2) is 9.84 Å². The van der Waals surface area contributed by atoms with Crippen LogP contribution in [0.4, 0.5) is 0 Å². The number of aliphatic hydroxyl groups is 1. The quantitative estimate of drug-likeness (QED) is 0.828. The maximum atomic E-state index is 11.9. The molecule has 1 aromatic carbocycles. The van der Waals surface area contributed by atoms with Crippen LogP contribution in [0.5, 0.6) is 0 Å². The summed E-state index contributed by atoms with van der Waals surface area (Å²) in [6.45, 7) is 5.80. The van der Waals surface area contributed by atoms with Crippen LogP contribution in [0.1, 0.15) is 32.3 Å². The monoisotopic (exact) mass is 339 g/mol. The molecule has 5 heteroatoms. The van der Waals surface area contributed by atoms with E-state index in [9.17, 15) is 13.5 Å². The van der Waals surface area contributed by atoms with E-state index in [1.54, 1.807) is 0 Å². The lowest BCUT2D eigenvalue weighted by Gasteiger charge is -2.36. The maximum absolute atomic E-state index is 11.9. The molecule has 0 spiro atoms. The first-order valence-electron chi connectivity index (χ1n) is 8.50. The van der Waals surface area contributed by atoms with Crippen LogP contribution < -0.4 is 0 Å². The number of nitrogens with zero attached hydrogens (tertiary/aromatic N) is 1. The molecule has 1 aliphatic heterocycles. The first kappa shape index (κ1) is 18.4. The minimum absolute atomic E-state index is 0.0554. The van der Waals surface area contributed by atoms with E-state index in [2.05, 4.69) is 30.9 Å². The predicted molar refractivity (Wildman–Crippen MR) is 93.9 cm³/mol. The largest absolute Gasteiger partial charge is 0.395 e. The molecular weight excluding hydrogens is 310 g/mol. The number of benzene rings is 1. The molecule has 1 fully saturated rings. The van der Waals surface area contributed by atoms with Crippen LogP contribution in [0, 0.1) is 11.8 Å². The highest BCUT2D eigenvalue weighted by atomic mass is 32.2. The third-order valence-corrected chi connectivity index (χ3v) is 6.59. The fourth-order valence-electron chi connectivity index (χ4n) is 3.48. The van der Waals surface area contributed by atoms with Gasteiger partial charge in [0.25, 0.3) is 0 Å². The summed E-state index contributed by atoms with van der Waals surface area (Å²) in [5.41, 5.74) is 1.20. The first-order valence-corrected chi connectivity index (χ1v) is 10.3. The SMILES string of the molecule is CC(C)[C@@H](CO)N(Cc1ccccc1)C[C@@H]1CCCS(=O)(=O)C1. The number of hydrogen-bond donors (Lipinski definition) is 1. The van der Waals surface area contributed by atoms with E-state index in [0.717, 1.165) is 25.9 Å². The maximum Gasteiger partial charge on any atom is 0.150 e. The van der Waals surface area contributed by atoms with Gasteiger partial charge >= 0.3 is 0 Å². The molecule has 2 rings (SSSR count). The van der Waals surface area contributed by atoms with Crippen molar-refractivity contribution in [3.63, 3.8) is 0 Å². The van der Waals surface area contributed by atoms with Gasteiger partial charge < -0.3 is 5.11 Å². The zero-order valence-corrected chi connectivity index (χ0v) is 15.0. The summed E-state index contributed by atoms with van der Waals surface area (Å²) >= 11 is 0. The molecule has 0 aliphatic carbocycles. The molecule has 0 amide bonds. The Morgan fingerprint density at radius 1 is 1.26 bits per heavy atom. The van der Waals surface area contributed by atoms with Crippen molar-refractivity contribution in [3.05, 3.63) is 35.9 Å². The van der Waals surface area contributed by atoms with Gasteiger partial charge in [-0.1, -0.05) is 44.2 Å². The summed E-state index contributed by atoms with van der Waals surface area (Å²) in [7, 11) is -2.89. The van der Waals surface area contributed by atoms with Crippen molar-refractivity contribution in [3.8, 4) is 0 Å². The van der Waals surface area contributed by atoms with Crippen LogP contribution in [0.3, 0.4) is 0 Å². The molecule has 130 valence electrons. The Bertz CT molecular complexity index is 571. The molecule has 0 unspecified atom stereocenters. The van der Waals surface area contributed by atoms with Crippen LogP contribution in [-0.2, 0) is 16.4 Å². The Hall–Kier alpha value is -0.910. The smallest absolute Gasteiger partial charge is 0.150 e. The van der Waals surface area contributed by atoms with E-state index in [1.807, 2.05) is 18.2 Å². The Balaban J connectivity index is 2.12. The van der Waals surface area contributed by atoms with E-state index >= 15 is 0 Å². The van der Waals surface area contributed by atoms with Gasteiger partial charge in [-0.15, -0.1) is 0 Å². The molecular formula is C18H29NO3S. The summed E-state index contributed by atoms with van der Waals surface area (Å²) in [6, 6.07) is 10.2. The van der Waals surface area contributed by atoms with Gasteiger partial charge in [-0.25, -0.2) is 8.42 Å².